The molecule has 2 aliphatic rings. The van der Waals surface area contributed by atoms with Gasteiger partial charge in [-0.25, -0.2) is 17.9 Å². The van der Waals surface area contributed by atoms with Crippen LogP contribution >= 0.6 is 0 Å². The van der Waals surface area contributed by atoms with Gasteiger partial charge in [-0.3, -0.25) is 9.69 Å². The van der Waals surface area contributed by atoms with Gasteiger partial charge in [0.15, 0.2) is 0 Å². The van der Waals surface area contributed by atoms with E-state index in [-0.39, 0.29) is 37.6 Å². The number of rotatable bonds is 6. The molecule has 13 heteroatoms. The van der Waals surface area contributed by atoms with Crippen molar-refractivity contribution in [3.8, 4) is 11.5 Å². The maximum atomic E-state index is 13.9. The summed E-state index contributed by atoms with van der Waals surface area (Å²) in [6, 6.07) is 9.57. The normalized spacial score (nSPS) is 18.8. The Morgan fingerprint density at radius 2 is 1.59 bits per heavy atom. The van der Waals surface area contributed by atoms with Gasteiger partial charge in [0.1, 0.15) is 23.1 Å². The van der Waals surface area contributed by atoms with Crippen LogP contribution in [0.1, 0.15) is 52.0 Å². The van der Waals surface area contributed by atoms with E-state index < -0.39 is 50.4 Å². The van der Waals surface area contributed by atoms with Crippen molar-refractivity contribution in [2.75, 3.05) is 19.6 Å². The van der Waals surface area contributed by atoms with E-state index in [1.54, 1.807) is 56.0 Å². The second-order valence-corrected chi connectivity index (χ2v) is 12.8. The first-order valence-electron chi connectivity index (χ1n) is 13.4. The number of nitrogens with zero attached hydrogens (tertiary/aromatic N) is 2. The molecule has 2 saturated heterocycles. The maximum absolute atomic E-state index is 13.9. The number of sulfonamides is 1. The number of alkyl halides is 3. The Hall–Kier alpha value is -3.32. The van der Waals surface area contributed by atoms with E-state index in [2.05, 4.69) is 4.72 Å². The zero-order valence-corrected chi connectivity index (χ0v) is 23.9. The minimum absolute atomic E-state index is 0.151. The zero-order valence-electron chi connectivity index (χ0n) is 23.1. The third-order valence-electron chi connectivity index (χ3n) is 6.82. The molecule has 9 nitrogen and oxygen atoms in total. The number of nitrogens with one attached hydrogen (secondary N) is 1. The fourth-order valence-corrected chi connectivity index (χ4v) is 6.44. The van der Waals surface area contributed by atoms with Gasteiger partial charge in [-0.2, -0.15) is 13.2 Å². The lowest BCUT2D eigenvalue weighted by Crippen LogP contribution is -2.53. The van der Waals surface area contributed by atoms with Crippen LogP contribution in [0.5, 0.6) is 11.5 Å². The monoisotopic (exact) mass is 597 g/mol. The number of ether oxygens (including phenoxy) is 2. The summed E-state index contributed by atoms with van der Waals surface area (Å²) < 4.78 is 81.2. The molecule has 41 heavy (non-hydrogen) atoms. The van der Waals surface area contributed by atoms with Gasteiger partial charge in [0, 0.05) is 25.7 Å². The third-order valence-corrected chi connectivity index (χ3v) is 8.40. The molecule has 2 aromatic rings. The molecule has 2 heterocycles. The highest BCUT2D eigenvalue weighted by Gasteiger charge is 2.41. The summed E-state index contributed by atoms with van der Waals surface area (Å²) in [6.45, 7) is 6.02. The highest BCUT2D eigenvalue weighted by Crippen LogP contribution is 2.37. The van der Waals surface area contributed by atoms with E-state index in [9.17, 15) is 31.2 Å². The number of hydrogen-bond acceptors (Lipinski definition) is 6. The lowest BCUT2D eigenvalue weighted by Gasteiger charge is -2.36. The molecule has 1 atom stereocenters. The van der Waals surface area contributed by atoms with Crippen LogP contribution in [0.15, 0.2) is 53.4 Å². The molecule has 1 N–H and O–H groups in total. The molecule has 4 rings (SSSR count). The predicted octanol–water partition coefficient (Wildman–Crippen LogP) is 5.17. The highest BCUT2D eigenvalue weighted by atomic mass is 32.2. The second kappa shape index (κ2) is 11.9. The van der Waals surface area contributed by atoms with E-state index in [0.29, 0.717) is 31.2 Å². The molecule has 0 bridgehead atoms. The van der Waals surface area contributed by atoms with Crippen LogP contribution < -0.4 is 9.46 Å². The van der Waals surface area contributed by atoms with Crippen molar-refractivity contribution in [3.05, 3.63) is 54.1 Å². The van der Waals surface area contributed by atoms with Gasteiger partial charge < -0.3 is 14.4 Å². The van der Waals surface area contributed by atoms with Crippen LogP contribution in [-0.2, 0) is 25.7 Å². The molecule has 2 aliphatic heterocycles. The Morgan fingerprint density at radius 3 is 2.20 bits per heavy atom. The Balaban J connectivity index is 1.41. The van der Waals surface area contributed by atoms with Crippen LogP contribution in [0.3, 0.4) is 0 Å². The quantitative estimate of drug-likeness (QED) is 0.493. The topological polar surface area (TPSA) is 105 Å². The van der Waals surface area contributed by atoms with Crippen molar-refractivity contribution in [2.24, 2.45) is 0 Å². The van der Waals surface area contributed by atoms with E-state index in [4.69, 9.17) is 9.47 Å². The number of likely N-dealkylation sites (tertiary alicyclic amines) is 2. The van der Waals surface area contributed by atoms with Gasteiger partial charge in [-0.05, 0) is 76.8 Å². The zero-order chi connectivity index (χ0) is 30.0. The number of amides is 2. The van der Waals surface area contributed by atoms with Crippen molar-refractivity contribution in [2.45, 2.75) is 75.2 Å². The Kier molecular flexibility index (Phi) is 8.88. The SMILES string of the molecule is CC(C)(C)OC(=O)N1CCC[C@H]1C(=O)N1CCC(NS(=O)(=O)c2ccc(Oc3ccccc3)cc2C(F)(F)F)CC1. The Bertz CT molecular complexity index is 1350. The first kappa shape index (κ1) is 30.6. The lowest BCUT2D eigenvalue weighted by atomic mass is 10.0. The summed E-state index contributed by atoms with van der Waals surface area (Å²) in [5.74, 6) is -0.0906. The van der Waals surface area contributed by atoms with Gasteiger partial charge in [0.2, 0.25) is 15.9 Å². The van der Waals surface area contributed by atoms with Gasteiger partial charge in [-0.15, -0.1) is 0 Å². The number of carbonyl (C=O) groups excluding carboxylic acids is 2. The number of benzene rings is 2. The van der Waals surface area contributed by atoms with E-state index in [0.717, 1.165) is 6.07 Å². The second-order valence-electron chi connectivity index (χ2n) is 11.1. The van der Waals surface area contributed by atoms with E-state index >= 15 is 0 Å². The highest BCUT2D eigenvalue weighted by molar-refractivity contribution is 7.89. The first-order valence-corrected chi connectivity index (χ1v) is 14.9. The fraction of sp³-hybridized carbons (Fsp3) is 0.500. The lowest BCUT2D eigenvalue weighted by molar-refractivity contribution is -0.140. The van der Waals surface area contributed by atoms with Gasteiger partial charge in [0.25, 0.3) is 0 Å². The van der Waals surface area contributed by atoms with Gasteiger partial charge >= 0.3 is 12.3 Å². The molecule has 2 fully saturated rings. The number of carbonyl (C=O) groups is 2. The van der Waals surface area contributed by atoms with Crippen molar-refractivity contribution in [1.82, 2.24) is 14.5 Å². The summed E-state index contributed by atoms with van der Waals surface area (Å²) in [7, 11) is -4.55. The molecule has 0 unspecified atom stereocenters. The summed E-state index contributed by atoms with van der Waals surface area (Å²) in [5.41, 5.74) is -2.04. The number of piperidine rings is 1. The molecule has 0 saturated carbocycles. The molecule has 0 radical (unpaired) electrons. The molecule has 2 aromatic carbocycles. The Morgan fingerprint density at radius 1 is 0.927 bits per heavy atom. The minimum atomic E-state index is -4.95. The standard InChI is InChI=1S/C28H34F3N3O6S/c1-27(2,3)40-26(36)34-15-7-10-23(34)25(35)33-16-13-19(14-17-33)32-41(37,38)24-12-11-21(18-22(24)28(29,30)31)39-20-8-5-4-6-9-20/h4-6,8-9,11-12,18-19,23,32H,7,10,13-17H2,1-3H3/t23-/m0/s1. The van der Waals surface area contributed by atoms with Gasteiger partial charge in [0.05, 0.1) is 10.5 Å². The van der Waals surface area contributed by atoms with Crippen molar-refractivity contribution >= 4 is 22.0 Å². The van der Waals surface area contributed by atoms with E-state index in [1.807, 2.05) is 0 Å². The summed E-state index contributed by atoms with van der Waals surface area (Å²) >= 11 is 0. The maximum Gasteiger partial charge on any atom is 0.417 e. The first-order chi connectivity index (χ1) is 19.1. The summed E-state index contributed by atoms with van der Waals surface area (Å²) in [6.07, 6.45) is -3.94. The Labute approximate surface area is 237 Å². The van der Waals surface area contributed by atoms with Crippen LogP contribution in [-0.4, -0.2) is 67.5 Å². The number of para-hydroxylation sites is 1. The van der Waals surface area contributed by atoms with Crippen LogP contribution in [0.25, 0.3) is 0 Å². The van der Waals surface area contributed by atoms with Crippen molar-refractivity contribution in [1.29, 1.82) is 0 Å². The third kappa shape index (κ3) is 7.70. The number of halogens is 3. The molecule has 0 spiro atoms. The van der Waals surface area contributed by atoms with Crippen molar-refractivity contribution in [3.63, 3.8) is 0 Å². The number of hydrogen-bond donors (Lipinski definition) is 1. The average Bonchev–Trinajstić information content (AvgIpc) is 3.38. The molecular weight excluding hydrogens is 563 g/mol. The van der Waals surface area contributed by atoms with Crippen molar-refractivity contribution < 1.29 is 40.7 Å². The fourth-order valence-electron chi connectivity index (χ4n) is 4.93. The molecular formula is C28H34F3N3O6S. The van der Waals surface area contributed by atoms with Crippen LogP contribution in [0, 0.1) is 0 Å². The summed E-state index contributed by atoms with van der Waals surface area (Å²) in [4.78, 5) is 27.9. The van der Waals surface area contributed by atoms with Gasteiger partial charge in [-0.1, -0.05) is 18.2 Å². The predicted molar refractivity (Wildman–Crippen MR) is 144 cm³/mol. The average molecular weight is 598 g/mol. The van der Waals surface area contributed by atoms with Crippen LogP contribution in [0.2, 0.25) is 0 Å². The molecule has 0 aromatic heterocycles. The van der Waals surface area contributed by atoms with Crippen LogP contribution in [0.4, 0.5) is 18.0 Å². The molecule has 0 aliphatic carbocycles. The summed E-state index contributed by atoms with van der Waals surface area (Å²) in [5, 5.41) is 0. The smallest absolute Gasteiger partial charge is 0.417 e. The largest absolute Gasteiger partial charge is 0.457 e. The molecule has 2 amide bonds. The van der Waals surface area contributed by atoms with E-state index in [1.165, 1.54) is 11.0 Å². The minimum Gasteiger partial charge on any atom is -0.457 e. The molecule has 224 valence electrons.